The van der Waals surface area contributed by atoms with E-state index >= 15 is 0 Å². The SMILES string of the molecule is C#C[C@H]1C[C@@H]1C(=O)Nc1cc([C@H]2C[C@@H](OC(=O)NC3(C)COC3)CO2)[nH]n1. The number of nitrogens with one attached hydrogen (secondary N) is 3. The summed E-state index contributed by atoms with van der Waals surface area (Å²) < 4.78 is 16.2. The van der Waals surface area contributed by atoms with Gasteiger partial charge < -0.3 is 24.8 Å². The smallest absolute Gasteiger partial charge is 0.408 e. The molecule has 0 spiro atoms. The highest BCUT2D eigenvalue weighted by molar-refractivity contribution is 5.94. The Morgan fingerprint density at radius 1 is 1.44 bits per heavy atom. The Labute approximate surface area is 156 Å². The molecule has 0 radical (unpaired) electrons. The maximum atomic E-state index is 12.0. The molecular formula is C18H22N4O5. The fourth-order valence-corrected chi connectivity index (χ4v) is 3.26. The molecule has 144 valence electrons. The summed E-state index contributed by atoms with van der Waals surface area (Å²) in [5, 5.41) is 12.5. The predicted octanol–water partition coefficient (Wildman–Crippen LogP) is 0.963. The average Bonchev–Trinajstić information content (AvgIpc) is 3.02. The van der Waals surface area contributed by atoms with Crippen molar-refractivity contribution in [3.8, 4) is 12.3 Å². The summed E-state index contributed by atoms with van der Waals surface area (Å²) in [4.78, 5) is 24.0. The highest BCUT2D eigenvalue weighted by Crippen LogP contribution is 2.38. The minimum atomic E-state index is -0.472. The molecular weight excluding hydrogens is 352 g/mol. The molecule has 3 N–H and O–H groups in total. The fraction of sp³-hybridized carbons (Fsp3) is 0.611. The van der Waals surface area contributed by atoms with Crippen molar-refractivity contribution < 1.29 is 23.8 Å². The van der Waals surface area contributed by atoms with Gasteiger partial charge in [-0.25, -0.2) is 4.79 Å². The number of terminal acetylenes is 1. The van der Waals surface area contributed by atoms with E-state index in [-0.39, 0.29) is 35.5 Å². The molecule has 0 unspecified atom stereocenters. The van der Waals surface area contributed by atoms with Gasteiger partial charge in [0.2, 0.25) is 5.91 Å². The molecule has 27 heavy (non-hydrogen) atoms. The zero-order chi connectivity index (χ0) is 19.0. The number of hydrogen-bond acceptors (Lipinski definition) is 6. The van der Waals surface area contributed by atoms with Crippen molar-refractivity contribution in [2.24, 2.45) is 11.8 Å². The van der Waals surface area contributed by atoms with Gasteiger partial charge in [-0.05, 0) is 13.3 Å². The molecule has 0 bridgehead atoms. The number of aromatic amines is 1. The molecule has 3 fully saturated rings. The van der Waals surface area contributed by atoms with Gasteiger partial charge >= 0.3 is 6.09 Å². The maximum Gasteiger partial charge on any atom is 0.408 e. The van der Waals surface area contributed by atoms with E-state index in [0.717, 1.165) is 12.1 Å². The van der Waals surface area contributed by atoms with Gasteiger partial charge in [0, 0.05) is 18.4 Å². The second kappa shape index (κ2) is 6.87. The van der Waals surface area contributed by atoms with E-state index < -0.39 is 6.09 Å². The number of ether oxygens (including phenoxy) is 3. The number of carbonyl (C=O) groups excluding carboxylic acids is 2. The van der Waals surface area contributed by atoms with Gasteiger partial charge in [-0.3, -0.25) is 9.89 Å². The van der Waals surface area contributed by atoms with Crippen molar-refractivity contribution in [3.05, 3.63) is 11.8 Å². The van der Waals surface area contributed by atoms with Crippen LogP contribution >= 0.6 is 0 Å². The lowest BCUT2D eigenvalue weighted by Crippen LogP contribution is -2.60. The third kappa shape index (κ3) is 3.91. The number of H-pyrrole nitrogens is 1. The van der Waals surface area contributed by atoms with Gasteiger partial charge in [0.05, 0.1) is 37.0 Å². The second-order valence-corrected chi connectivity index (χ2v) is 7.58. The first-order chi connectivity index (χ1) is 13.0. The number of alkyl carbamates (subject to hydrolysis) is 1. The normalized spacial score (nSPS) is 30.7. The van der Waals surface area contributed by atoms with Crippen molar-refractivity contribution in [1.29, 1.82) is 0 Å². The first kappa shape index (κ1) is 17.8. The summed E-state index contributed by atoms with van der Waals surface area (Å²) in [5.41, 5.74) is 0.368. The van der Waals surface area contributed by atoms with Crippen LogP contribution in [0.25, 0.3) is 0 Å². The summed E-state index contributed by atoms with van der Waals surface area (Å²) in [5.74, 6) is 2.80. The minimum Gasteiger partial charge on any atom is -0.444 e. The number of rotatable bonds is 5. The summed E-state index contributed by atoms with van der Waals surface area (Å²) in [7, 11) is 0. The molecule has 2 saturated heterocycles. The fourth-order valence-electron chi connectivity index (χ4n) is 3.26. The topological polar surface area (TPSA) is 115 Å². The molecule has 2 aliphatic heterocycles. The van der Waals surface area contributed by atoms with E-state index in [9.17, 15) is 9.59 Å². The number of nitrogens with zero attached hydrogens (tertiary/aromatic N) is 1. The molecule has 1 aromatic rings. The summed E-state index contributed by atoms with van der Waals surface area (Å²) in [6, 6.07) is 1.73. The highest BCUT2D eigenvalue weighted by Gasteiger charge is 2.42. The van der Waals surface area contributed by atoms with Gasteiger partial charge in [0.15, 0.2) is 5.82 Å². The molecule has 1 aromatic heterocycles. The third-order valence-electron chi connectivity index (χ3n) is 5.02. The molecule has 3 aliphatic rings. The molecule has 4 rings (SSSR count). The van der Waals surface area contributed by atoms with Crippen LogP contribution in [0.3, 0.4) is 0 Å². The van der Waals surface area contributed by atoms with E-state index in [2.05, 4.69) is 26.8 Å². The van der Waals surface area contributed by atoms with Gasteiger partial charge in [0.25, 0.3) is 0 Å². The Balaban J connectivity index is 1.25. The summed E-state index contributed by atoms with van der Waals surface area (Å²) >= 11 is 0. The van der Waals surface area contributed by atoms with Crippen LogP contribution in [0.4, 0.5) is 10.6 Å². The maximum absolute atomic E-state index is 12.0. The lowest BCUT2D eigenvalue weighted by Gasteiger charge is -2.38. The Kier molecular flexibility index (Phi) is 4.53. The first-order valence-corrected chi connectivity index (χ1v) is 8.96. The zero-order valence-corrected chi connectivity index (χ0v) is 15.0. The van der Waals surface area contributed by atoms with Crippen LogP contribution in [-0.2, 0) is 19.0 Å². The van der Waals surface area contributed by atoms with E-state index in [1.54, 1.807) is 6.07 Å². The Hall–Kier alpha value is -2.57. The Bertz CT molecular complexity index is 781. The lowest BCUT2D eigenvalue weighted by molar-refractivity contribution is -0.117. The number of aromatic nitrogens is 2. The van der Waals surface area contributed by atoms with Crippen LogP contribution in [0.1, 0.15) is 31.6 Å². The van der Waals surface area contributed by atoms with Crippen molar-refractivity contribution in [2.75, 3.05) is 25.1 Å². The standard InChI is InChI=1S/C18H22N4O5/c1-3-10-4-12(10)16(23)19-15-6-13(21-22-15)14-5-11(7-26-14)27-17(24)20-18(2)8-25-9-18/h1,6,10-12,14H,4-5,7-9H2,2H3,(H,20,24)(H2,19,21,22,23)/t10-,11+,12-,14+/m0/s1. The van der Waals surface area contributed by atoms with E-state index in [1.807, 2.05) is 6.92 Å². The second-order valence-electron chi connectivity index (χ2n) is 7.58. The van der Waals surface area contributed by atoms with Crippen LogP contribution < -0.4 is 10.6 Å². The third-order valence-corrected chi connectivity index (χ3v) is 5.02. The van der Waals surface area contributed by atoms with Crippen molar-refractivity contribution in [2.45, 2.75) is 37.5 Å². The molecule has 9 heteroatoms. The van der Waals surface area contributed by atoms with Gasteiger partial charge in [0.1, 0.15) is 12.2 Å². The molecule has 3 heterocycles. The predicted molar refractivity (Wildman–Crippen MR) is 93.6 cm³/mol. The Morgan fingerprint density at radius 2 is 2.26 bits per heavy atom. The molecule has 0 aromatic carbocycles. The van der Waals surface area contributed by atoms with Crippen molar-refractivity contribution in [3.63, 3.8) is 0 Å². The van der Waals surface area contributed by atoms with Crippen molar-refractivity contribution in [1.82, 2.24) is 15.5 Å². The van der Waals surface area contributed by atoms with Gasteiger partial charge in [-0.2, -0.15) is 5.10 Å². The van der Waals surface area contributed by atoms with Crippen LogP contribution in [0.2, 0.25) is 0 Å². The quantitative estimate of drug-likeness (QED) is 0.662. The molecule has 1 saturated carbocycles. The number of anilines is 1. The van der Waals surface area contributed by atoms with E-state index in [1.165, 1.54) is 0 Å². The molecule has 2 amide bonds. The number of carbonyl (C=O) groups is 2. The largest absolute Gasteiger partial charge is 0.444 e. The van der Waals surface area contributed by atoms with Gasteiger partial charge in [-0.1, -0.05) is 0 Å². The zero-order valence-electron chi connectivity index (χ0n) is 15.0. The average molecular weight is 374 g/mol. The summed E-state index contributed by atoms with van der Waals surface area (Å²) in [6.45, 7) is 3.17. The Morgan fingerprint density at radius 3 is 2.93 bits per heavy atom. The number of hydrogen-bond donors (Lipinski definition) is 3. The highest BCUT2D eigenvalue weighted by atomic mass is 16.6. The molecule has 9 nitrogen and oxygen atoms in total. The molecule has 4 atom stereocenters. The van der Waals surface area contributed by atoms with Crippen LogP contribution in [0, 0.1) is 24.2 Å². The minimum absolute atomic E-state index is 0.0272. The summed E-state index contributed by atoms with van der Waals surface area (Å²) in [6.07, 6.45) is 5.46. The van der Waals surface area contributed by atoms with Crippen LogP contribution in [-0.4, -0.2) is 53.7 Å². The molecule has 1 aliphatic carbocycles. The van der Waals surface area contributed by atoms with Crippen molar-refractivity contribution >= 4 is 17.8 Å². The number of amides is 2. The van der Waals surface area contributed by atoms with E-state index in [0.29, 0.717) is 32.1 Å². The van der Waals surface area contributed by atoms with Crippen LogP contribution in [0.15, 0.2) is 6.07 Å². The van der Waals surface area contributed by atoms with Crippen LogP contribution in [0.5, 0.6) is 0 Å². The first-order valence-electron chi connectivity index (χ1n) is 8.96. The lowest BCUT2D eigenvalue weighted by atomic mass is 10.0. The van der Waals surface area contributed by atoms with E-state index in [4.69, 9.17) is 20.6 Å². The monoisotopic (exact) mass is 374 g/mol. The van der Waals surface area contributed by atoms with Gasteiger partial charge in [-0.15, -0.1) is 12.3 Å².